The molecule has 2 unspecified atom stereocenters. The van der Waals surface area contributed by atoms with Gasteiger partial charge in [0.05, 0.1) is 22.2 Å². The van der Waals surface area contributed by atoms with Crippen molar-refractivity contribution >= 4 is 22.6 Å². The number of rotatable bonds is 9. The number of nitrogens with zero attached hydrogens (tertiary/aromatic N) is 2. The maximum atomic E-state index is 12.7. The zero-order valence-electron chi connectivity index (χ0n) is 21.4. The summed E-state index contributed by atoms with van der Waals surface area (Å²) in [5, 5.41) is 0.368. The third-order valence-corrected chi connectivity index (χ3v) is 10.7. The van der Waals surface area contributed by atoms with Crippen LogP contribution >= 0.6 is 11.8 Å². The van der Waals surface area contributed by atoms with E-state index in [1.54, 1.807) is 0 Å². The molecule has 3 aliphatic rings. The van der Waals surface area contributed by atoms with Crippen molar-refractivity contribution in [2.45, 2.75) is 54.7 Å². The van der Waals surface area contributed by atoms with Crippen LogP contribution in [0.1, 0.15) is 54.8 Å². The van der Waals surface area contributed by atoms with E-state index in [4.69, 9.17) is 9.72 Å². The van der Waals surface area contributed by atoms with Gasteiger partial charge in [0.1, 0.15) is 0 Å². The molecule has 3 fully saturated rings. The van der Waals surface area contributed by atoms with Crippen LogP contribution in [0.5, 0.6) is 0 Å². The van der Waals surface area contributed by atoms with Gasteiger partial charge in [-0.3, -0.25) is 14.1 Å². The molecule has 3 aromatic rings. The van der Waals surface area contributed by atoms with Gasteiger partial charge in [-0.25, -0.2) is 0 Å². The molecule has 0 amide bonds. The van der Waals surface area contributed by atoms with Crippen LogP contribution in [0.4, 0.5) is 0 Å². The lowest BCUT2D eigenvalue weighted by molar-refractivity contribution is 0.0626. The molecule has 4 heterocycles. The summed E-state index contributed by atoms with van der Waals surface area (Å²) in [5.74, 6) is 3.38. The van der Waals surface area contributed by atoms with E-state index in [0.717, 1.165) is 68.1 Å². The van der Waals surface area contributed by atoms with E-state index in [2.05, 4.69) is 58.4 Å². The molecule has 37 heavy (non-hydrogen) atoms. The molecular formula is C30H37N3O2S2. The number of aromatic nitrogens is 2. The first-order valence-corrected chi connectivity index (χ1v) is 16.1. The van der Waals surface area contributed by atoms with E-state index in [1.165, 1.54) is 41.4 Å². The Morgan fingerprint density at radius 3 is 2.49 bits per heavy atom. The highest BCUT2D eigenvalue weighted by atomic mass is 32.2. The molecule has 1 aromatic carbocycles. The smallest absolute Gasteiger partial charge is 0.0864 e. The average Bonchev–Trinajstić information content (AvgIpc) is 3.70. The molecule has 6 rings (SSSR count). The molecule has 2 atom stereocenters. The molecule has 5 nitrogen and oxygen atoms in total. The van der Waals surface area contributed by atoms with E-state index in [0.29, 0.717) is 11.2 Å². The number of benzene rings is 1. The molecule has 0 spiro atoms. The van der Waals surface area contributed by atoms with Gasteiger partial charge in [-0.2, -0.15) is 11.8 Å². The lowest BCUT2D eigenvalue weighted by atomic mass is 9.83. The highest BCUT2D eigenvalue weighted by Crippen LogP contribution is 2.36. The van der Waals surface area contributed by atoms with Crippen molar-refractivity contribution in [3.05, 3.63) is 71.5 Å². The van der Waals surface area contributed by atoms with Crippen LogP contribution in [0, 0.1) is 5.92 Å². The standard InChI is InChI=1S/C30H37N3O2S2/c34-37(26-6-7-26)25-4-2-24(3-5-25)27(19-22-11-15-35-16-12-22)28-9-10-30(32-28)29-8-1-23(20-31-29)21-33-13-17-36-18-14-33/h1-5,8-10,20,22,26-27,32H,6-7,11-19,21H2. The number of hydrogen-bond donors (Lipinski definition) is 1. The number of thioether (sulfide) groups is 1. The Morgan fingerprint density at radius 2 is 1.78 bits per heavy atom. The predicted octanol–water partition coefficient (Wildman–Crippen LogP) is 5.84. The Balaban J connectivity index is 1.20. The van der Waals surface area contributed by atoms with E-state index < -0.39 is 10.8 Å². The normalized spacial score (nSPS) is 21.1. The minimum absolute atomic E-state index is 0.275. The molecule has 196 valence electrons. The van der Waals surface area contributed by atoms with Gasteiger partial charge in [-0.15, -0.1) is 0 Å². The largest absolute Gasteiger partial charge is 0.381 e. The molecule has 2 aliphatic heterocycles. The highest BCUT2D eigenvalue weighted by molar-refractivity contribution is 7.99. The topological polar surface area (TPSA) is 58.2 Å². The molecule has 1 saturated carbocycles. The summed E-state index contributed by atoms with van der Waals surface area (Å²) in [7, 11) is -0.859. The van der Waals surface area contributed by atoms with Crippen molar-refractivity contribution in [3.8, 4) is 11.4 Å². The van der Waals surface area contributed by atoms with Gasteiger partial charge >= 0.3 is 0 Å². The summed E-state index contributed by atoms with van der Waals surface area (Å²) in [5.41, 5.74) is 5.86. The Morgan fingerprint density at radius 1 is 1.00 bits per heavy atom. The van der Waals surface area contributed by atoms with E-state index in [9.17, 15) is 4.21 Å². The Kier molecular flexibility index (Phi) is 8.12. The van der Waals surface area contributed by atoms with Gasteiger partial charge in [-0.1, -0.05) is 18.2 Å². The van der Waals surface area contributed by atoms with Crippen LogP contribution in [-0.2, 0) is 22.1 Å². The van der Waals surface area contributed by atoms with Crippen LogP contribution in [0.15, 0.2) is 59.6 Å². The molecule has 0 bridgehead atoms. The minimum atomic E-state index is -0.859. The lowest BCUT2D eigenvalue weighted by Gasteiger charge is -2.27. The summed E-state index contributed by atoms with van der Waals surface area (Å²) in [6, 6.07) is 17.4. The average molecular weight is 536 g/mol. The summed E-state index contributed by atoms with van der Waals surface area (Å²) < 4.78 is 18.3. The number of H-pyrrole nitrogens is 1. The van der Waals surface area contributed by atoms with Crippen molar-refractivity contribution in [3.63, 3.8) is 0 Å². The van der Waals surface area contributed by atoms with Crippen LogP contribution in [0.25, 0.3) is 11.4 Å². The monoisotopic (exact) mass is 535 g/mol. The van der Waals surface area contributed by atoms with Crippen molar-refractivity contribution in [1.29, 1.82) is 0 Å². The second kappa shape index (κ2) is 11.9. The number of ether oxygens (including phenoxy) is 1. The van der Waals surface area contributed by atoms with E-state index in [-0.39, 0.29) is 5.92 Å². The zero-order chi connectivity index (χ0) is 25.0. The number of hydrogen-bond acceptors (Lipinski definition) is 5. The number of aromatic amines is 1. The van der Waals surface area contributed by atoms with Crippen molar-refractivity contribution in [2.24, 2.45) is 5.92 Å². The first-order valence-electron chi connectivity index (χ1n) is 13.8. The molecular weight excluding hydrogens is 498 g/mol. The Bertz CT molecular complexity index is 1180. The second-order valence-corrected chi connectivity index (χ2v) is 13.6. The second-order valence-electron chi connectivity index (χ2n) is 10.7. The fourth-order valence-corrected chi connectivity index (χ4v) is 7.86. The Hall–Kier alpha value is -1.93. The molecule has 1 N–H and O–H groups in total. The van der Waals surface area contributed by atoms with Gasteiger partial charge in [0.15, 0.2) is 0 Å². The third-order valence-electron chi connectivity index (χ3n) is 7.95. The molecule has 0 radical (unpaired) electrons. The van der Waals surface area contributed by atoms with Crippen LogP contribution in [0.3, 0.4) is 0 Å². The summed E-state index contributed by atoms with van der Waals surface area (Å²) in [6.07, 6.45) is 7.56. The Labute approximate surface area is 227 Å². The fourth-order valence-electron chi connectivity index (χ4n) is 5.53. The van der Waals surface area contributed by atoms with Gasteiger partial charge < -0.3 is 9.72 Å². The number of nitrogens with one attached hydrogen (secondary N) is 1. The van der Waals surface area contributed by atoms with Gasteiger partial charge in [0, 0.05) is 72.3 Å². The van der Waals surface area contributed by atoms with E-state index >= 15 is 0 Å². The van der Waals surface area contributed by atoms with Crippen LogP contribution in [-0.4, -0.2) is 62.1 Å². The predicted molar refractivity (Wildman–Crippen MR) is 153 cm³/mol. The van der Waals surface area contributed by atoms with Crippen molar-refractivity contribution < 1.29 is 8.95 Å². The number of pyridine rings is 1. The highest BCUT2D eigenvalue weighted by Gasteiger charge is 2.30. The first kappa shape index (κ1) is 25.4. The zero-order valence-corrected chi connectivity index (χ0v) is 23.1. The molecule has 2 saturated heterocycles. The van der Waals surface area contributed by atoms with Crippen LogP contribution < -0.4 is 0 Å². The maximum absolute atomic E-state index is 12.7. The minimum Gasteiger partial charge on any atom is -0.381 e. The summed E-state index contributed by atoms with van der Waals surface area (Å²) >= 11 is 2.05. The van der Waals surface area contributed by atoms with Gasteiger partial charge in [0.25, 0.3) is 0 Å². The maximum Gasteiger partial charge on any atom is 0.0864 e. The third kappa shape index (κ3) is 6.39. The fraction of sp³-hybridized carbons (Fsp3) is 0.500. The summed E-state index contributed by atoms with van der Waals surface area (Å²) in [4.78, 5) is 12.0. The molecule has 2 aromatic heterocycles. The van der Waals surface area contributed by atoms with Crippen molar-refractivity contribution in [2.75, 3.05) is 37.8 Å². The SMILES string of the molecule is O=S(c1ccc(C(CC2CCOCC2)c2ccc(-c3ccc(CN4CCSCC4)cn3)[nH]2)cc1)C1CC1. The van der Waals surface area contributed by atoms with Gasteiger partial charge in [0.2, 0.25) is 0 Å². The van der Waals surface area contributed by atoms with E-state index in [1.807, 2.05) is 18.0 Å². The van der Waals surface area contributed by atoms with Crippen molar-refractivity contribution in [1.82, 2.24) is 14.9 Å². The molecule has 7 heteroatoms. The van der Waals surface area contributed by atoms with Gasteiger partial charge in [-0.05, 0) is 79.5 Å². The summed E-state index contributed by atoms with van der Waals surface area (Å²) in [6.45, 7) is 5.04. The van der Waals surface area contributed by atoms with Crippen LogP contribution in [0.2, 0.25) is 0 Å². The lowest BCUT2D eigenvalue weighted by Crippen LogP contribution is -2.31. The molecule has 1 aliphatic carbocycles. The first-order chi connectivity index (χ1) is 18.2. The quantitative estimate of drug-likeness (QED) is 0.373.